The van der Waals surface area contributed by atoms with Gasteiger partial charge in [-0.1, -0.05) is 24.3 Å². The van der Waals surface area contributed by atoms with Crippen LogP contribution in [0.2, 0.25) is 0 Å². The van der Waals surface area contributed by atoms with E-state index in [1.165, 1.54) is 11.8 Å². The van der Waals surface area contributed by atoms with Crippen molar-refractivity contribution in [1.82, 2.24) is 0 Å². The third-order valence-electron chi connectivity index (χ3n) is 5.39. The summed E-state index contributed by atoms with van der Waals surface area (Å²) in [7, 11) is 0. The number of carbonyl (C=O) groups excluding carboxylic acids is 3. The van der Waals surface area contributed by atoms with Gasteiger partial charge in [0.2, 0.25) is 5.91 Å². The monoisotopic (exact) mass is 445 g/mol. The third-order valence-corrected chi connectivity index (χ3v) is 6.48. The number of hydrogen-bond acceptors (Lipinski definition) is 6. The molecular weight excluding hydrogens is 426 g/mol. The van der Waals surface area contributed by atoms with Crippen molar-refractivity contribution in [1.29, 1.82) is 0 Å². The van der Waals surface area contributed by atoms with Crippen molar-refractivity contribution in [3.63, 3.8) is 0 Å². The Hall–Kier alpha value is -3.58. The number of fused-ring (bicyclic) bond motifs is 3. The number of carbonyl (C=O) groups is 3. The van der Waals surface area contributed by atoms with Gasteiger partial charge in [0.1, 0.15) is 13.2 Å². The first-order valence-electron chi connectivity index (χ1n) is 10.2. The zero-order valence-electron chi connectivity index (χ0n) is 17.2. The lowest BCUT2D eigenvalue weighted by molar-refractivity contribution is -0.115. The maximum absolute atomic E-state index is 12.9. The van der Waals surface area contributed by atoms with Gasteiger partial charge < -0.3 is 14.8 Å². The van der Waals surface area contributed by atoms with E-state index in [1.54, 1.807) is 49.4 Å². The normalized spacial score (nSPS) is 14.9. The van der Waals surface area contributed by atoms with Gasteiger partial charge in [0.15, 0.2) is 23.1 Å². The molecule has 5 rings (SSSR count). The second kappa shape index (κ2) is 8.16. The average molecular weight is 445 g/mol. The fraction of sp³-hybridized carbons (Fsp3) is 0.160. The molecule has 32 heavy (non-hydrogen) atoms. The second-order valence-corrected chi connectivity index (χ2v) is 8.93. The molecule has 0 saturated carbocycles. The van der Waals surface area contributed by atoms with Gasteiger partial charge in [-0.15, -0.1) is 11.8 Å². The van der Waals surface area contributed by atoms with E-state index in [9.17, 15) is 14.4 Å². The van der Waals surface area contributed by atoms with Crippen molar-refractivity contribution < 1.29 is 23.9 Å². The Morgan fingerprint density at radius 2 is 1.50 bits per heavy atom. The fourth-order valence-electron chi connectivity index (χ4n) is 3.78. The standard InChI is InChI=1S/C25H19NO5S/c1-14(32-16-7-9-21-22(13-16)31-11-10-30-21)25(29)26-15-6-8-19-20(12-15)24(28)18-5-3-2-4-17(18)23(19)27/h2-9,12-14H,10-11H2,1H3,(H,26,29). The molecule has 0 aromatic heterocycles. The molecule has 7 heteroatoms. The van der Waals surface area contributed by atoms with Crippen LogP contribution in [0.4, 0.5) is 5.69 Å². The second-order valence-electron chi connectivity index (χ2n) is 7.52. The average Bonchev–Trinajstić information content (AvgIpc) is 2.82. The molecule has 1 aliphatic heterocycles. The number of anilines is 1. The topological polar surface area (TPSA) is 81.7 Å². The smallest absolute Gasteiger partial charge is 0.237 e. The van der Waals surface area contributed by atoms with Gasteiger partial charge in [-0.05, 0) is 43.3 Å². The Balaban J connectivity index is 1.32. The maximum Gasteiger partial charge on any atom is 0.237 e. The predicted octanol–water partition coefficient (Wildman–Crippen LogP) is 4.35. The van der Waals surface area contributed by atoms with Crippen LogP contribution in [-0.2, 0) is 4.79 Å². The van der Waals surface area contributed by atoms with Crippen LogP contribution >= 0.6 is 11.8 Å². The van der Waals surface area contributed by atoms with E-state index in [-0.39, 0.29) is 17.5 Å². The molecule has 3 aromatic carbocycles. The summed E-state index contributed by atoms with van der Waals surface area (Å²) in [5.41, 5.74) is 1.93. The minimum atomic E-state index is -0.397. The van der Waals surface area contributed by atoms with Gasteiger partial charge in [0.05, 0.1) is 5.25 Å². The van der Waals surface area contributed by atoms with E-state index in [0.717, 1.165) is 4.90 Å². The van der Waals surface area contributed by atoms with Crippen LogP contribution < -0.4 is 14.8 Å². The highest BCUT2D eigenvalue weighted by molar-refractivity contribution is 8.00. The lowest BCUT2D eigenvalue weighted by Gasteiger charge is -2.20. The molecule has 6 nitrogen and oxygen atoms in total. The van der Waals surface area contributed by atoms with E-state index in [2.05, 4.69) is 5.32 Å². The van der Waals surface area contributed by atoms with Crippen LogP contribution in [0, 0.1) is 0 Å². The number of ketones is 2. The summed E-state index contributed by atoms with van der Waals surface area (Å²) in [6.45, 7) is 2.83. The van der Waals surface area contributed by atoms with Crippen molar-refractivity contribution in [3.8, 4) is 11.5 Å². The number of benzene rings is 3. The number of amides is 1. The minimum absolute atomic E-state index is 0.185. The summed E-state index contributed by atoms with van der Waals surface area (Å²) in [4.78, 5) is 39.3. The molecule has 3 aromatic rings. The van der Waals surface area contributed by atoms with Crippen molar-refractivity contribution in [3.05, 3.63) is 82.9 Å². The Bertz CT molecular complexity index is 1270. The lowest BCUT2D eigenvalue weighted by Crippen LogP contribution is -2.24. The Kier molecular flexibility index (Phi) is 5.19. The van der Waals surface area contributed by atoms with Crippen LogP contribution in [0.1, 0.15) is 38.8 Å². The van der Waals surface area contributed by atoms with E-state index in [0.29, 0.717) is 52.7 Å². The molecule has 0 bridgehead atoms. The van der Waals surface area contributed by atoms with Crippen LogP contribution in [0.25, 0.3) is 0 Å². The van der Waals surface area contributed by atoms with E-state index >= 15 is 0 Å². The summed E-state index contributed by atoms with van der Waals surface area (Å²) in [6.07, 6.45) is 0. The highest BCUT2D eigenvalue weighted by atomic mass is 32.2. The number of nitrogens with one attached hydrogen (secondary N) is 1. The third kappa shape index (κ3) is 3.65. The summed E-state index contributed by atoms with van der Waals surface area (Å²) in [5, 5.41) is 2.46. The molecule has 160 valence electrons. The highest BCUT2D eigenvalue weighted by Crippen LogP contribution is 2.36. The fourth-order valence-corrected chi connectivity index (χ4v) is 4.67. The molecule has 0 saturated heterocycles. The Morgan fingerprint density at radius 1 is 0.844 bits per heavy atom. The summed E-state index contributed by atoms with van der Waals surface area (Å²) in [5.74, 6) is 0.764. The molecule has 1 N–H and O–H groups in total. The molecule has 0 fully saturated rings. The number of rotatable bonds is 4. The number of hydrogen-bond donors (Lipinski definition) is 1. The summed E-state index contributed by atoms with van der Waals surface area (Å²) >= 11 is 1.40. The van der Waals surface area contributed by atoms with Gasteiger partial charge in [-0.25, -0.2) is 0 Å². The van der Waals surface area contributed by atoms with Crippen LogP contribution in [0.5, 0.6) is 11.5 Å². The van der Waals surface area contributed by atoms with Crippen molar-refractivity contribution in [2.45, 2.75) is 17.1 Å². The largest absolute Gasteiger partial charge is 0.486 e. The first-order valence-corrected chi connectivity index (χ1v) is 11.1. The predicted molar refractivity (Wildman–Crippen MR) is 121 cm³/mol. The quantitative estimate of drug-likeness (QED) is 0.470. The van der Waals surface area contributed by atoms with Crippen molar-refractivity contribution in [2.24, 2.45) is 0 Å². The van der Waals surface area contributed by atoms with Gasteiger partial charge in [0.25, 0.3) is 0 Å². The highest BCUT2D eigenvalue weighted by Gasteiger charge is 2.29. The van der Waals surface area contributed by atoms with E-state index < -0.39 is 5.25 Å². The zero-order valence-corrected chi connectivity index (χ0v) is 18.0. The molecule has 1 amide bonds. The van der Waals surface area contributed by atoms with Gasteiger partial charge in [-0.2, -0.15) is 0 Å². The van der Waals surface area contributed by atoms with E-state index in [1.807, 2.05) is 18.2 Å². The van der Waals surface area contributed by atoms with Crippen LogP contribution in [0.15, 0.2) is 65.6 Å². The molecular formula is C25H19NO5S. The molecule has 1 heterocycles. The maximum atomic E-state index is 12.9. The molecule has 0 radical (unpaired) electrons. The molecule has 1 unspecified atom stereocenters. The van der Waals surface area contributed by atoms with Crippen molar-refractivity contribution >= 4 is 34.9 Å². The van der Waals surface area contributed by atoms with Crippen molar-refractivity contribution in [2.75, 3.05) is 18.5 Å². The minimum Gasteiger partial charge on any atom is -0.486 e. The first-order chi connectivity index (χ1) is 15.5. The summed E-state index contributed by atoms with van der Waals surface area (Å²) in [6, 6.07) is 17.2. The van der Waals surface area contributed by atoms with Gasteiger partial charge in [0, 0.05) is 32.8 Å². The van der Waals surface area contributed by atoms with Crippen LogP contribution in [-0.4, -0.2) is 35.9 Å². The summed E-state index contributed by atoms with van der Waals surface area (Å²) < 4.78 is 11.1. The van der Waals surface area contributed by atoms with Crippen LogP contribution in [0.3, 0.4) is 0 Å². The Labute approximate surface area is 188 Å². The Morgan fingerprint density at radius 3 is 2.25 bits per heavy atom. The zero-order chi connectivity index (χ0) is 22.2. The van der Waals surface area contributed by atoms with E-state index in [4.69, 9.17) is 9.47 Å². The molecule has 2 aliphatic rings. The first kappa shape index (κ1) is 20.3. The number of thioether (sulfide) groups is 1. The van der Waals surface area contributed by atoms with Gasteiger partial charge in [-0.3, -0.25) is 14.4 Å². The molecule has 1 aliphatic carbocycles. The molecule has 1 atom stereocenters. The molecule has 0 spiro atoms. The number of ether oxygens (including phenoxy) is 2. The SMILES string of the molecule is CC(Sc1ccc2c(c1)OCCO2)C(=O)Nc1ccc2c(c1)C(=O)c1ccccc1C2=O. The van der Waals surface area contributed by atoms with Gasteiger partial charge >= 0.3 is 0 Å². The lowest BCUT2D eigenvalue weighted by atomic mass is 9.84.